The summed E-state index contributed by atoms with van der Waals surface area (Å²) in [7, 11) is 2.06. The normalized spacial score (nSPS) is 24.4. The summed E-state index contributed by atoms with van der Waals surface area (Å²) >= 11 is 3.45. The molecule has 1 heterocycles. The van der Waals surface area contributed by atoms with Crippen LogP contribution in [0.3, 0.4) is 0 Å². The molecule has 1 aromatic rings. The topological polar surface area (TPSA) is 52.7 Å². The van der Waals surface area contributed by atoms with Gasteiger partial charge in [-0.3, -0.25) is 9.59 Å². The van der Waals surface area contributed by atoms with Gasteiger partial charge in [0.05, 0.1) is 11.8 Å². The van der Waals surface area contributed by atoms with Gasteiger partial charge in [0, 0.05) is 36.3 Å². The second-order valence-electron chi connectivity index (χ2n) is 6.53. The van der Waals surface area contributed by atoms with Gasteiger partial charge >= 0.3 is 0 Å². The van der Waals surface area contributed by atoms with E-state index in [1.807, 2.05) is 30.0 Å². The standard InChI is InChI=1S/C17H22BrN3O2/c1-11-9-12(3-4-15(11)18)19-16(22)13-10-14(13)17(23)21-7-5-20(2)6-8-21/h3-4,9,13-14H,5-8,10H2,1-2H3,(H,19,22). The van der Waals surface area contributed by atoms with Crippen molar-refractivity contribution in [1.29, 1.82) is 0 Å². The van der Waals surface area contributed by atoms with Crippen molar-refractivity contribution in [3.63, 3.8) is 0 Å². The smallest absolute Gasteiger partial charge is 0.228 e. The van der Waals surface area contributed by atoms with Crippen LogP contribution in [0.4, 0.5) is 5.69 Å². The summed E-state index contributed by atoms with van der Waals surface area (Å²) in [6, 6.07) is 5.72. The maximum atomic E-state index is 12.5. The molecule has 1 saturated carbocycles. The molecule has 2 unspecified atom stereocenters. The van der Waals surface area contributed by atoms with Gasteiger partial charge in [-0.25, -0.2) is 0 Å². The van der Waals surface area contributed by atoms with Crippen molar-refractivity contribution >= 4 is 33.4 Å². The van der Waals surface area contributed by atoms with Crippen molar-refractivity contribution in [2.75, 3.05) is 38.5 Å². The van der Waals surface area contributed by atoms with Crippen LogP contribution in [0.1, 0.15) is 12.0 Å². The highest BCUT2D eigenvalue weighted by molar-refractivity contribution is 9.10. The minimum Gasteiger partial charge on any atom is -0.340 e. The first-order chi connectivity index (χ1) is 11.0. The van der Waals surface area contributed by atoms with Crippen LogP contribution in [-0.4, -0.2) is 54.8 Å². The molecule has 3 rings (SSSR count). The van der Waals surface area contributed by atoms with Crippen molar-refractivity contribution in [3.8, 4) is 0 Å². The quantitative estimate of drug-likeness (QED) is 0.874. The van der Waals surface area contributed by atoms with E-state index in [1.165, 1.54) is 0 Å². The Morgan fingerprint density at radius 2 is 1.87 bits per heavy atom. The van der Waals surface area contributed by atoms with Gasteiger partial charge in [0.15, 0.2) is 0 Å². The Bertz CT molecular complexity index is 626. The Morgan fingerprint density at radius 1 is 1.17 bits per heavy atom. The van der Waals surface area contributed by atoms with Crippen molar-refractivity contribution in [2.45, 2.75) is 13.3 Å². The molecule has 6 heteroatoms. The number of likely N-dealkylation sites (N-methyl/N-ethyl adjacent to an activating group) is 1. The largest absolute Gasteiger partial charge is 0.340 e. The number of halogens is 1. The van der Waals surface area contributed by atoms with Gasteiger partial charge in [0.1, 0.15) is 0 Å². The average molecular weight is 380 g/mol. The fourth-order valence-corrected chi connectivity index (χ4v) is 3.22. The summed E-state index contributed by atoms with van der Waals surface area (Å²) < 4.78 is 1.02. The zero-order valence-corrected chi connectivity index (χ0v) is 15.1. The minimum absolute atomic E-state index is 0.0424. The van der Waals surface area contributed by atoms with Gasteiger partial charge in [-0.2, -0.15) is 0 Å². The van der Waals surface area contributed by atoms with E-state index in [-0.39, 0.29) is 23.7 Å². The highest BCUT2D eigenvalue weighted by Gasteiger charge is 2.49. The van der Waals surface area contributed by atoms with Crippen LogP contribution < -0.4 is 5.32 Å². The summed E-state index contributed by atoms with van der Waals surface area (Å²) in [6.07, 6.45) is 0.673. The van der Waals surface area contributed by atoms with E-state index in [0.717, 1.165) is 41.9 Å². The number of benzene rings is 1. The number of hydrogen-bond acceptors (Lipinski definition) is 3. The Labute approximate surface area is 145 Å². The highest BCUT2D eigenvalue weighted by Crippen LogP contribution is 2.41. The maximum Gasteiger partial charge on any atom is 0.228 e. The summed E-state index contributed by atoms with van der Waals surface area (Å²) in [4.78, 5) is 28.9. The van der Waals surface area contributed by atoms with Gasteiger partial charge in [0.25, 0.3) is 0 Å². The van der Waals surface area contributed by atoms with Crippen molar-refractivity contribution in [1.82, 2.24) is 9.80 Å². The van der Waals surface area contributed by atoms with Crippen LogP contribution >= 0.6 is 15.9 Å². The van der Waals surface area contributed by atoms with E-state index >= 15 is 0 Å². The summed E-state index contributed by atoms with van der Waals surface area (Å²) in [5, 5.41) is 2.93. The molecule has 2 aliphatic rings. The van der Waals surface area contributed by atoms with Crippen molar-refractivity contribution < 1.29 is 9.59 Å². The Balaban J connectivity index is 1.54. The number of aryl methyl sites for hydroxylation is 1. The molecule has 0 radical (unpaired) electrons. The number of carbonyl (C=O) groups is 2. The molecule has 1 saturated heterocycles. The van der Waals surface area contributed by atoms with Gasteiger partial charge in [0.2, 0.25) is 11.8 Å². The number of nitrogens with one attached hydrogen (secondary N) is 1. The molecule has 5 nitrogen and oxygen atoms in total. The highest BCUT2D eigenvalue weighted by atomic mass is 79.9. The Kier molecular flexibility index (Phi) is 4.73. The zero-order chi connectivity index (χ0) is 16.6. The lowest BCUT2D eigenvalue weighted by atomic mass is 10.2. The molecule has 1 aliphatic heterocycles. The molecule has 23 heavy (non-hydrogen) atoms. The zero-order valence-electron chi connectivity index (χ0n) is 13.5. The number of anilines is 1. The summed E-state index contributed by atoms with van der Waals surface area (Å²) in [5.74, 6) is -0.203. The molecular weight excluding hydrogens is 358 g/mol. The van der Waals surface area contributed by atoms with Gasteiger partial charge in [-0.05, 0) is 44.2 Å². The number of nitrogens with zero attached hydrogens (tertiary/aromatic N) is 2. The number of hydrogen-bond donors (Lipinski definition) is 1. The first-order valence-electron chi connectivity index (χ1n) is 8.00. The molecule has 1 aromatic carbocycles. The van der Waals surface area contributed by atoms with E-state index in [0.29, 0.717) is 6.42 Å². The summed E-state index contributed by atoms with van der Waals surface area (Å²) in [6.45, 7) is 5.34. The Hall–Kier alpha value is -1.40. The van der Waals surface area contributed by atoms with Crippen LogP contribution in [0.15, 0.2) is 22.7 Å². The molecule has 1 aliphatic carbocycles. The van der Waals surface area contributed by atoms with Crippen LogP contribution in [0.5, 0.6) is 0 Å². The van der Waals surface area contributed by atoms with Crippen molar-refractivity contribution in [3.05, 3.63) is 28.2 Å². The molecule has 0 bridgehead atoms. The maximum absolute atomic E-state index is 12.5. The number of piperazine rings is 1. The third-order valence-corrected chi connectivity index (χ3v) is 5.57. The van der Waals surface area contributed by atoms with Crippen LogP contribution in [0.25, 0.3) is 0 Å². The van der Waals surface area contributed by atoms with Crippen LogP contribution in [0, 0.1) is 18.8 Å². The molecule has 124 valence electrons. The number of carbonyl (C=O) groups excluding carboxylic acids is 2. The first-order valence-corrected chi connectivity index (χ1v) is 8.79. The van der Waals surface area contributed by atoms with Gasteiger partial charge < -0.3 is 15.1 Å². The lowest BCUT2D eigenvalue weighted by molar-refractivity contribution is -0.135. The lowest BCUT2D eigenvalue weighted by Gasteiger charge is -2.32. The van der Waals surface area contributed by atoms with E-state index in [1.54, 1.807) is 0 Å². The molecular formula is C17H22BrN3O2. The van der Waals surface area contributed by atoms with Crippen molar-refractivity contribution in [2.24, 2.45) is 11.8 Å². The average Bonchev–Trinajstić information content (AvgIpc) is 3.32. The van der Waals surface area contributed by atoms with E-state index in [2.05, 4.69) is 33.2 Å². The minimum atomic E-state index is -0.175. The molecule has 1 N–H and O–H groups in total. The summed E-state index contributed by atoms with van der Waals surface area (Å²) in [5.41, 5.74) is 1.86. The second-order valence-corrected chi connectivity index (χ2v) is 7.38. The third kappa shape index (κ3) is 3.75. The molecule has 2 atom stereocenters. The molecule has 2 amide bonds. The number of rotatable bonds is 3. The predicted molar refractivity (Wildman–Crippen MR) is 93.2 cm³/mol. The monoisotopic (exact) mass is 379 g/mol. The van der Waals surface area contributed by atoms with Crippen LogP contribution in [0.2, 0.25) is 0 Å². The van der Waals surface area contributed by atoms with E-state index < -0.39 is 0 Å². The van der Waals surface area contributed by atoms with Gasteiger partial charge in [-0.1, -0.05) is 15.9 Å². The lowest BCUT2D eigenvalue weighted by Crippen LogP contribution is -2.48. The third-order valence-electron chi connectivity index (χ3n) is 4.68. The van der Waals surface area contributed by atoms with E-state index in [9.17, 15) is 9.59 Å². The second kappa shape index (κ2) is 6.61. The molecule has 2 fully saturated rings. The van der Waals surface area contributed by atoms with Gasteiger partial charge in [-0.15, -0.1) is 0 Å². The molecule has 0 spiro atoms. The number of amides is 2. The predicted octanol–water partition coefficient (Wildman–Crippen LogP) is 2.11. The first kappa shape index (κ1) is 16.5. The Morgan fingerprint density at radius 3 is 2.52 bits per heavy atom. The molecule has 0 aromatic heterocycles. The van der Waals surface area contributed by atoms with E-state index in [4.69, 9.17) is 0 Å². The van der Waals surface area contributed by atoms with Crippen LogP contribution in [-0.2, 0) is 9.59 Å². The fraction of sp³-hybridized carbons (Fsp3) is 0.529. The SMILES string of the molecule is Cc1cc(NC(=O)C2CC2C(=O)N2CCN(C)CC2)ccc1Br. The fourth-order valence-electron chi connectivity index (χ4n) is 2.98.